The number of hydrogen-bond acceptors (Lipinski definition) is 4. The number of nitrogens with zero attached hydrogens (tertiary/aromatic N) is 1. The highest BCUT2D eigenvalue weighted by molar-refractivity contribution is 5.97. The lowest BCUT2D eigenvalue weighted by molar-refractivity contribution is -0.112. The Morgan fingerprint density at radius 3 is 2.00 bits per heavy atom. The molecule has 0 atom stereocenters. The third-order valence-electron chi connectivity index (χ3n) is 2.29. The van der Waals surface area contributed by atoms with Crippen LogP contribution in [-0.2, 0) is 4.79 Å². The molecule has 0 fully saturated rings. The Hall–Kier alpha value is -1.94. The Morgan fingerprint density at radius 1 is 1.21 bits per heavy atom. The fourth-order valence-corrected chi connectivity index (χ4v) is 1.30. The minimum absolute atomic E-state index is 0.0229. The highest BCUT2D eigenvalue weighted by Gasteiger charge is 2.02. The van der Waals surface area contributed by atoms with E-state index in [2.05, 4.69) is 0 Å². The van der Waals surface area contributed by atoms with E-state index in [9.17, 15) is 9.59 Å². The zero-order valence-corrected chi connectivity index (χ0v) is 12.0. The maximum atomic E-state index is 11.2. The van der Waals surface area contributed by atoms with Crippen LogP contribution >= 0.6 is 0 Å². The number of ketones is 2. The molecular weight excluding hydrogens is 240 g/mol. The summed E-state index contributed by atoms with van der Waals surface area (Å²) in [5.74, 6) is 0.0859. The van der Waals surface area contributed by atoms with Crippen molar-refractivity contribution in [3.05, 3.63) is 42.0 Å². The summed E-state index contributed by atoms with van der Waals surface area (Å²) in [7, 11) is 3.92. The van der Waals surface area contributed by atoms with Gasteiger partial charge in [0.15, 0.2) is 11.6 Å². The van der Waals surface area contributed by atoms with E-state index in [0.717, 1.165) is 5.69 Å². The molecule has 0 saturated heterocycles. The van der Waals surface area contributed by atoms with Gasteiger partial charge in [0.25, 0.3) is 0 Å². The molecule has 104 valence electrons. The average Bonchev–Trinajstić information content (AvgIpc) is 2.38. The Morgan fingerprint density at radius 2 is 1.74 bits per heavy atom. The monoisotopic (exact) mass is 262 g/mol. The first-order valence-electron chi connectivity index (χ1n) is 6.06. The van der Waals surface area contributed by atoms with Gasteiger partial charge in [0.2, 0.25) is 0 Å². The van der Waals surface area contributed by atoms with Crippen LogP contribution in [0.2, 0.25) is 0 Å². The van der Waals surface area contributed by atoms with Crippen molar-refractivity contribution in [1.29, 1.82) is 0 Å². The number of allylic oxidation sites excluding steroid dienone is 2. The first-order valence-corrected chi connectivity index (χ1v) is 6.06. The van der Waals surface area contributed by atoms with Gasteiger partial charge in [-0.3, -0.25) is 9.59 Å². The summed E-state index contributed by atoms with van der Waals surface area (Å²) in [6.07, 6.45) is 3.25. The van der Waals surface area contributed by atoms with Crippen molar-refractivity contribution in [2.24, 2.45) is 5.73 Å². The third-order valence-corrected chi connectivity index (χ3v) is 2.29. The standard InChI is InChI=1S/C10H14N2O.C5H8O/c1-12(2)9-5-3-8(4-6-9)10(13)7-11;1-3-4-5(2)6/h3-6H,7,11H2,1-2H3;3-4H,1-2H3/b;4-3+. The van der Waals surface area contributed by atoms with Crippen LogP contribution in [0.5, 0.6) is 0 Å². The molecule has 0 amide bonds. The second-order valence-electron chi connectivity index (χ2n) is 4.18. The SMILES string of the molecule is C/C=C/C(C)=O.CN(C)c1ccc(C(=O)CN)cc1. The second kappa shape index (κ2) is 9.05. The minimum atomic E-state index is -0.0229. The van der Waals surface area contributed by atoms with Gasteiger partial charge in [0, 0.05) is 25.3 Å². The van der Waals surface area contributed by atoms with Crippen molar-refractivity contribution in [1.82, 2.24) is 0 Å². The van der Waals surface area contributed by atoms with Crippen LogP contribution in [0.15, 0.2) is 36.4 Å². The largest absolute Gasteiger partial charge is 0.378 e. The second-order valence-corrected chi connectivity index (χ2v) is 4.18. The molecule has 0 unspecified atom stereocenters. The molecule has 0 aliphatic heterocycles. The maximum absolute atomic E-state index is 11.2. The molecule has 0 radical (unpaired) electrons. The van der Waals surface area contributed by atoms with Gasteiger partial charge >= 0.3 is 0 Å². The summed E-state index contributed by atoms with van der Waals surface area (Å²) in [5, 5.41) is 0. The van der Waals surface area contributed by atoms with E-state index in [1.807, 2.05) is 38.1 Å². The van der Waals surface area contributed by atoms with Gasteiger partial charge in [0.05, 0.1) is 6.54 Å². The number of carbonyl (C=O) groups is 2. The molecule has 1 aromatic carbocycles. The summed E-state index contributed by atoms with van der Waals surface area (Å²) in [6.45, 7) is 3.42. The van der Waals surface area contributed by atoms with Gasteiger partial charge in [0.1, 0.15) is 0 Å². The number of anilines is 1. The number of rotatable bonds is 4. The molecule has 1 rings (SSSR count). The zero-order chi connectivity index (χ0) is 14.8. The summed E-state index contributed by atoms with van der Waals surface area (Å²) in [5.41, 5.74) is 6.99. The zero-order valence-electron chi connectivity index (χ0n) is 12.0. The van der Waals surface area contributed by atoms with Gasteiger partial charge in [-0.2, -0.15) is 0 Å². The predicted molar refractivity (Wildman–Crippen MR) is 79.6 cm³/mol. The van der Waals surface area contributed by atoms with E-state index in [0.29, 0.717) is 5.56 Å². The van der Waals surface area contributed by atoms with Crippen molar-refractivity contribution in [3.8, 4) is 0 Å². The molecule has 0 bridgehead atoms. The lowest BCUT2D eigenvalue weighted by Gasteiger charge is -2.12. The molecule has 0 heterocycles. The van der Waals surface area contributed by atoms with E-state index in [1.54, 1.807) is 18.2 Å². The van der Waals surface area contributed by atoms with Crippen LogP contribution in [0.25, 0.3) is 0 Å². The van der Waals surface area contributed by atoms with Crippen LogP contribution in [0, 0.1) is 0 Å². The third kappa shape index (κ3) is 7.16. The van der Waals surface area contributed by atoms with E-state index in [4.69, 9.17) is 5.73 Å². The number of benzene rings is 1. The number of carbonyl (C=O) groups excluding carboxylic acids is 2. The molecule has 1 aromatic rings. The summed E-state index contributed by atoms with van der Waals surface area (Å²) < 4.78 is 0. The summed E-state index contributed by atoms with van der Waals surface area (Å²) in [6, 6.07) is 7.40. The first-order chi connectivity index (χ1) is 8.92. The Kier molecular flexibility index (Phi) is 8.13. The summed E-state index contributed by atoms with van der Waals surface area (Å²) in [4.78, 5) is 23.1. The molecule has 4 nitrogen and oxygen atoms in total. The first kappa shape index (κ1) is 17.1. The molecular formula is C15H22N2O2. The molecule has 0 aromatic heterocycles. The van der Waals surface area contributed by atoms with Crippen molar-refractivity contribution in [2.75, 3.05) is 25.5 Å². The number of Topliss-reactive ketones (excluding diaryl/α,β-unsaturated/α-hetero) is 1. The quantitative estimate of drug-likeness (QED) is 0.666. The van der Waals surface area contributed by atoms with Crippen LogP contribution in [0.3, 0.4) is 0 Å². The highest BCUT2D eigenvalue weighted by atomic mass is 16.1. The Bertz CT molecular complexity index is 434. The maximum Gasteiger partial charge on any atom is 0.176 e. The molecule has 0 aliphatic rings. The fourth-order valence-electron chi connectivity index (χ4n) is 1.30. The number of hydrogen-bond donors (Lipinski definition) is 1. The molecule has 2 N–H and O–H groups in total. The van der Waals surface area contributed by atoms with Gasteiger partial charge < -0.3 is 10.6 Å². The van der Waals surface area contributed by atoms with E-state index < -0.39 is 0 Å². The van der Waals surface area contributed by atoms with E-state index in [1.165, 1.54) is 13.0 Å². The molecule has 19 heavy (non-hydrogen) atoms. The Labute approximate surface area is 114 Å². The topological polar surface area (TPSA) is 63.4 Å². The smallest absolute Gasteiger partial charge is 0.176 e. The summed E-state index contributed by atoms with van der Waals surface area (Å²) >= 11 is 0. The molecule has 0 saturated carbocycles. The van der Waals surface area contributed by atoms with Crippen molar-refractivity contribution in [2.45, 2.75) is 13.8 Å². The van der Waals surface area contributed by atoms with Crippen molar-refractivity contribution >= 4 is 17.3 Å². The fraction of sp³-hybridized carbons (Fsp3) is 0.333. The van der Waals surface area contributed by atoms with E-state index in [-0.39, 0.29) is 18.1 Å². The van der Waals surface area contributed by atoms with Crippen LogP contribution in [-0.4, -0.2) is 32.2 Å². The highest BCUT2D eigenvalue weighted by Crippen LogP contribution is 2.12. The number of nitrogens with two attached hydrogens (primary N) is 1. The van der Waals surface area contributed by atoms with Crippen LogP contribution in [0.4, 0.5) is 5.69 Å². The van der Waals surface area contributed by atoms with Gasteiger partial charge in [-0.15, -0.1) is 0 Å². The van der Waals surface area contributed by atoms with Crippen LogP contribution in [0.1, 0.15) is 24.2 Å². The van der Waals surface area contributed by atoms with Gasteiger partial charge in [-0.05, 0) is 44.2 Å². The predicted octanol–water partition coefficient (Wildman–Crippen LogP) is 2.05. The van der Waals surface area contributed by atoms with Gasteiger partial charge in [-0.25, -0.2) is 0 Å². The molecule has 0 spiro atoms. The van der Waals surface area contributed by atoms with Gasteiger partial charge in [-0.1, -0.05) is 6.08 Å². The van der Waals surface area contributed by atoms with E-state index >= 15 is 0 Å². The minimum Gasteiger partial charge on any atom is -0.378 e. The molecule has 0 aliphatic carbocycles. The normalized spacial score (nSPS) is 9.74. The average molecular weight is 262 g/mol. The lowest BCUT2D eigenvalue weighted by atomic mass is 10.1. The molecule has 4 heteroatoms. The Balaban J connectivity index is 0.000000459. The van der Waals surface area contributed by atoms with Crippen molar-refractivity contribution in [3.63, 3.8) is 0 Å². The lowest BCUT2D eigenvalue weighted by Crippen LogP contribution is -2.14. The van der Waals surface area contributed by atoms with Crippen molar-refractivity contribution < 1.29 is 9.59 Å². The van der Waals surface area contributed by atoms with Crippen LogP contribution < -0.4 is 10.6 Å².